The van der Waals surface area contributed by atoms with E-state index in [-0.39, 0.29) is 12.4 Å². The summed E-state index contributed by atoms with van der Waals surface area (Å²) in [5.41, 5.74) is 0. The Bertz CT molecular complexity index is 129. The van der Waals surface area contributed by atoms with Crippen LogP contribution in [0.2, 0.25) is 0 Å². The fourth-order valence-electron chi connectivity index (χ4n) is 0.362. The number of nitrogens with one attached hydrogen (secondary N) is 1. The average molecular weight is 151 g/mol. The van der Waals surface area contributed by atoms with E-state index in [9.17, 15) is 0 Å². The van der Waals surface area contributed by atoms with Crippen LogP contribution in [-0.2, 0) is 0 Å². The molecular formula is C4H7ClN2S. The van der Waals surface area contributed by atoms with Crippen molar-refractivity contribution in [2.75, 3.05) is 6.26 Å². The van der Waals surface area contributed by atoms with E-state index in [2.05, 4.69) is 9.97 Å². The minimum absolute atomic E-state index is 0. The lowest BCUT2D eigenvalue weighted by atomic mass is 11.0. The molecule has 0 unspecified atom stereocenters. The number of aromatic nitrogens is 2. The van der Waals surface area contributed by atoms with Crippen molar-refractivity contribution in [1.82, 2.24) is 9.97 Å². The SMILES string of the molecule is CSc1ncc[nH]1.Cl. The predicted molar refractivity (Wildman–Crippen MR) is 37.6 cm³/mol. The number of hydrogen-bond donors (Lipinski definition) is 1. The summed E-state index contributed by atoms with van der Waals surface area (Å²) in [6.45, 7) is 0. The number of thioether (sulfide) groups is 1. The van der Waals surface area contributed by atoms with Gasteiger partial charge in [0, 0.05) is 12.4 Å². The highest BCUT2D eigenvalue weighted by molar-refractivity contribution is 7.98. The molecule has 0 radical (unpaired) electrons. The Hall–Kier alpha value is -0.150. The van der Waals surface area contributed by atoms with E-state index in [1.54, 1.807) is 18.0 Å². The maximum Gasteiger partial charge on any atom is 0.164 e. The standard InChI is InChI=1S/C4H6N2S.ClH/c1-7-4-5-2-3-6-4;/h2-3H,1H3,(H,5,6);1H. The maximum atomic E-state index is 3.94. The highest BCUT2D eigenvalue weighted by atomic mass is 35.5. The van der Waals surface area contributed by atoms with Gasteiger partial charge < -0.3 is 4.98 Å². The Balaban J connectivity index is 0.000000490. The van der Waals surface area contributed by atoms with Crippen molar-refractivity contribution in [3.63, 3.8) is 0 Å². The molecule has 1 aromatic rings. The first-order valence-corrected chi connectivity index (χ1v) is 3.19. The van der Waals surface area contributed by atoms with E-state index >= 15 is 0 Å². The minimum atomic E-state index is 0. The molecule has 1 heterocycles. The summed E-state index contributed by atoms with van der Waals surface area (Å²) in [6.07, 6.45) is 5.54. The van der Waals surface area contributed by atoms with Gasteiger partial charge in [0.2, 0.25) is 0 Å². The van der Waals surface area contributed by atoms with Crippen LogP contribution in [0.4, 0.5) is 0 Å². The molecule has 0 aliphatic carbocycles. The molecule has 1 N–H and O–H groups in total. The zero-order valence-corrected chi connectivity index (χ0v) is 6.05. The van der Waals surface area contributed by atoms with E-state index in [0.717, 1.165) is 5.16 Å². The second kappa shape index (κ2) is 3.80. The first-order valence-electron chi connectivity index (χ1n) is 1.97. The van der Waals surface area contributed by atoms with Gasteiger partial charge in [-0.15, -0.1) is 12.4 Å². The molecule has 0 atom stereocenters. The van der Waals surface area contributed by atoms with Gasteiger partial charge in [0.05, 0.1) is 0 Å². The molecule has 2 nitrogen and oxygen atoms in total. The van der Waals surface area contributed by atoms with Crippen LogP contribution in [0.15, 0.2) is 17.6 Å². The molecule has 1 aromatic heterocycles. The van der Waals surface area contributed by atoms with Crippen LogP contribution in [0, 0.1) is 0 Å². The number of nitrogens with zero attached hydrogens (tertiary/aromatic N) is 1. The molecule has 0 aliphatic rings. The maximum absolute atomic E-state index is 3.94. The van der Waals surface area contributed by atoms with Crippen LogP contribution in [0.25, 0.3) is 0 Å². The molecule has 1 rings (SSSR count). The average Bonchev–Trinajstić information content (AvgIpc) is 2.14. The van der Waals surface area contributed by atoms with Gasteiger partial charge in [0.25, 0.3) is 0 Å². The zero-order chi connectivity index (χ0) is 5.11. The monoisotopic (exact) mass is 150 g/mol. The summed E-state index contributed by atoms with van der Waals surface area (Å²) in [5, 5.41) is 0.972. The molecule has 0 fully saturated rings. The molecular weight excluding hydrogens is 144 g/mol. The van der Waals surface area contributed by atoms with Crippen molar-refractivity contribution in [3.8, 4) is 0 Å². The second-order valence-electron chi connectivity index (χ2n) is 1.10. The third-order valence-corrected chi connectivity index (χ3v) is 1.28. The lowest BCUT2D eigenvalue weighted by molar-refractivity contribution is 1.06. The molecule has 0 amide bonds. The van der Waals surface area contributed by atoms with Crippen molar-refractivity contribution in [3.05, 3.63) is 12.4 Å². The third kappa shape index (κ3) is 1.76. The van der Waals surface area contributed by atoms with E-state index < -0.39 is 0 Å². The van der Waals surface area contributed by atoms with E-state index in [1.165, 1.54) is 0 Å². The summed E-state index contributed by atoms with van der Waals surface area (Å²) in [7, 11) is 0. The first kappa shape index (κ1) is 7.85. The summed E-state index contributed by atoms with van der Waals surface area (Å²) >= 11 is 1.61. The van der Waals surface area contributed by atoms with Crippen LogP contribution in [0.5, 0.6) is 0 Å². The normalized spacial score (nSPS) is 8.12. The molecule has 0 saturated carbocycles. The quantitative estimate of drug-likeness (QED) is 0.616. The largest absolute Gasteiger partial charge is 0.340 e. The van der Waals surface area contributed by atoms with Gasteiger partial charge in [0.15, 0.2) is 5.16 Å². The second-order valence-corrected chi connectivity index (χ2v) is 1.89. The highest BCUT2D eigenvalue weighted by Gasteiger charge is 1.83. The summed E-state index contributed by atoms with van der Waals surface area (Å²) in [6, 6.07) is 0. The van der Waals surface area contributed by atoms with Gasteiger partial charge in [-0.1, -0.05) is 11.8 Å². The Morgan fingerprint density at radius 3 is 2.75 bits per heavy atom. The first-order chi connectivity index (χ1) is 3.43. The van der Waals surface area contributed by atoms with E-state index in [0.29, 0.717) is 0 Å². The molecule has 0 spiro atoms. The van der Waals surface area contributed by atoms with Crippen LogP contribution < -0.4 is 0 Å². The summed E-state index contributed by atoms with van der Waals surface area (Å²) in [4.78, 5) is 6.88. The Labute approximate surface area is 58.5 Å². The number of rotatable bonds is 1. The van der Waals surface area contributed by atoms with Crippen molar-refractivity contribution < 1.29 is 0 Å². The van der Waals surface area contributed by atoms with Crippen LogP contribution in [0.1, 0.15) is 0 Å². The highest BCUT2D eigenvalue weighted by Crippen LogP contribution is 2.03. The van der Waals surface area contributed by atoms with Gasteiger partial charge in [-0.25, -0.2) is 4.98 Å². The lowest BCUT2D eigenvalue weighted by Gasteiger charge is -1.79. The van der Waals surface area contributed by atoms with Crippen LogP contribution in [0.3, 0.4) is 0 Å². The molecule has 0 aliphatic heterocycles. The fraction of sp³-hybridized carbons (Fsp3) is 0.250. The smallest absolute Gasteiger partial charge is 0.164 e. The third-order valence-electron chi connectivity index (χ3n) is 0.666. The molecule has 0 saturated heterocycles. The number of H-pyrrole nitrogens is 1. The molecule has 0 bridgehead atoms. The number of hydrogen-bond acceptors (Lipinski definition) is 2. The van der Waals surface area contributed by atoms with Crippen LogP contribution >= 0.6 is 24.2 Å². The van der Waals surface area contributed by atoms with Gasteiger partial charge in [-0.3, -0.25) is 0 Å². The van der Waals surface area contributed by atoms with E-state index in [4.69, 9.17) is 0 Å². The van der Waals surface area contributed by atoms with E-state index in [1.807, 2.05) is 12.5 Å². The molecule has 0 aromatic carbocycles. The van der Waals surface area contributed by atoms with Gasteiger partial charge in [-0.2, -0.15) is 0 Å². The Morgan fingerprint density at radius 2 is 2.50 bits per heavy atom. The minimum Gasteiger partial charge on any atom is -0.340 e. The summed E-state index contributed by atoms with van der Waals surface area (Å²) < 4.78 is 0. The lowest BCUT2D eigenvalue weighted by Crippen LogP contribution is -1.66. The van der Waals surface area contributed by atoms with Gasteiger partial charge in [-0.05, 0) is 6.26 Å². The number of halogens is 1. The molecule has 46 valence electrons. The molecule has 4 heteroatoms. The predicted octanol–water partition coefficient (Wildman–Crippen LogP) is 1.55. The van der Waals surface area contributed by atoms with Gasteiger partial charge >= 0.3 is 0 Å². The fourth-order valence-corrected chi connectivity index (χ4v) is 0.715. The number of imidazole rings is 1. The molecule has 8 heavy (non-hydrogen) atoms. The Morgan fingerprint density at radius 1 is 1.75 bits per heavy atom. The van der Waals surface area contributed by atoms with Crippen molar-refractivity contribution in [2.45, 2.75) is 5.16 Å². The number of aromatic amines is 1. The Kier molecular flexibility index (Phi) is 3.73. The summed E-state index contributed by atoms with van der Waals surface area (Å²) in [5.74, 6) is 0. The zero-order valence-electron chi connectivity index (χ0n) is 4.42. The van der Waals surface area contributed by atoms with Gasteiger partial charge in [0.1, 0.15) is 0 Å². The topological polar surface area (TPSA) is 28.7 Å². The van der Waals surface area contributed by atoms with Crippen molar-refractivity contribution in [1.29, 1.82) is 0 Å². The van der Waals surface area contributed by atoms with Crippen molar-refractivity contribution in [2.24, 2.45) is 0 Å². The van der Waals surface area contributed by atoms with Crippen LogP contribution in [-0.4, -0.2) is 16.2 Å². The van der Waals surface area contributed by atoms with Crippen molar-refractivity contribution >= 4 is 24.2 Å².